The van der Waals surface area contributed by atoms with Crippen molar-refractivity contribution >= 4 is 0 Å². The Kier molecular flexibility index (Phi) is 12.5. The van der Waals surface area contributed by atoms with Crippen LogP contribution in [0.15, 0.2) is 0 Å². The summed E-state index contributed by atoms with van der Waals surface area (Å²) in [5, 5.41) is 3.49. The van der Waals surface area contributed by atoms with E-state index in [2.05, 4.69) is 12.2 Å². The fourth-order valence-corrected chi connectivity index (χ4v) is 3.18. The predicted octanol–water partition coefficient (Wildman–Crippen LogP) is 6.22. The quantitative estimate of drug-likeness (QED) is 0.351. The summed E-state index contributed by atoms with van der Waals surface area (Å²) in [7, 11) is 0. The van der Waals surface area contributed by atoms with Crippen molar-refractivity contribution in [3.63, 3.8) is 0 Å². The number of nitrogens with one attached hydrogen (secondary N) is 1. The van der Waals surface area contributed by atoms with E-state index < -0.39 is 0 Å². The number of hydrogen-bond donors (Lipinski definition) is 1. The topological polar surface area (TPSA) is 12.0 Å². The minimum atomic E-state index is 0.882. The first-order valence-electron chi connectivity index (χ1n) is 9.67. The van der Waals surface area contributed by atoms with Crippen LogP contribution in [-0.2, 0) is 0 Å². The standard InChI is InChI=1S/C19H39N/c1-2-3-4-5-6-7-8-9-10-11-12-13-14-15-16-19-17-18-20-19/h19-20H,2-18H2,1H3. The van der Waals surface area contributed by atoms with Crippen LogP contribution in [0.25, 0.3) is 0 Å². The molecule has 0 radical (unpaired) electrons. The highest BCUT2D eigenvalue weighted by molar-refractivity contribution is 4.76. The Labute approximate surface area is 128 Å². The van der Waals surface area contributed by atoms with Crippen molar-refractivity contribution in [1.29, 1.82) is 0 Å². The molecule has 0 amide bonds. The van der Waals surface area contributed by atoms with Crippen LogP contribution in [0.2, 0.25) is 0 Å². The number of hydrogen-bond acceptors (Lipinski definition) is 1. The lowest BCUT2D eigenvalue weighted by Crippen LogP contribution is -2.42. The van der Waals surface area contributed by atoms with Gasteiger partial charge in [-0.15, -0.1) is 0 Å². The van der Waals surface area contributed by atoms with Crippen LogP contribution in [0.5, 0.6) is 0 Å². The molecule has 1 heteroatoms. The van der Waals surface area contributed by atoms with Crippen LogP contribution in [-0.4, -0.2) is 12.6 Å². The second kappa shape index (κ2) is 13.9. The third kappa shape index (κ3) is 10.7. The fourth-order valence-electron chi connectivity index (χ4n) is 3.18. The monoisotopic (exact) mass is 281 g/mol. The Morgan fingerprint density at radius 1 is 0.650 bits per heavy atom. The Bertz CT molecular complexity index is 186. The van der Waals surface area contributed by atoms with Crippen molar-refractivity contribution in [2.45, 2.75) is 116 Å². The van der Waals surface area contributed by atoms with Crippen molar-refractivity contribution in [3.8, 4) is 0 Å². The van der Waals surface area contributed by atoms with Gasteiger partial charge in [0, 0.05) is 6.04 Å². The van der Waals surface area contributed by atoms with Gasteiger partial charge in [0.05, 0.1) is 0 Å². The van der Waals surface area contributed by atoms with Crippen LogP contribution in [0, 0.1) is 0 Å². The van der Waals surface area contributed by atoms with Gasteiger partial charge in [-0.2, -0.15) is 0 Å². The van der Waals surface area contributed by atoms with Crippen LogP contribution in [0.4, 0.5) is 0 Å². The van der Waals surface area contributed by atoms with Crippen molar-refractivity contribution in [2.24, 2.45) is 0 Å². The zero-order valence-corrected chi connectivity index (χ0v) is 14.1. The molecule has 1 N–H and O–H groups in total. The van der Waals surface area contributed by atoms with Gasteiger partial charge in [0.25, 0.3) is 0 Å². The lowest BCUT2D eigenvalue weighted by Gasteiger charge is -2.27. The highest BCUT2D eigenvalue weighted by Gasteiger charge is 2.14. The average Bonchev–Trinajstić information content (AvgIpc) is 2.41. The zero-order chi connectivity index (χ0) is 14.3. The Hall–Kier alpha value is -0.0400. The van der Waals surface area contributed by atoms with Crippen LogP contribution in [0.1, 0.15) is 110 Å². The Morgan fingerprint density at radius 3 is 1.40 bits per heavy atom. The molecule has 0 spiro atoms. The van der Waals surface area contributed by atoms with Gasteiger partial charge in [0.2, 0.25) is 0 Å². The van der Waals surface area contributed by atoms with E-state index in [9.17, 15) is 0 Å². The van der Waals surface area contributed by atoms with E-state index in [-0.39, 0.29) is 0 Å². The number of unbranched alkanes of at least 4 members (excludes halogenated alkanes) is 13. The highest BCUT2D eigenvalue weighted by Crippen LogP contribution is 2.15. The molecule has 1 aliphatic rings. The van der Waals surface area contributed by atoms with E-state index in [4.69, 9.17) is 0 Å². The molecule has 1 fully saturated rings. The average molecular weight is 282 g/mol. The van der Waals surface area contributed by atoms with Gasteiger partial charge in [0.1, 0.15) is 0 Å². The molecule has 120 valence electrons. The first-order valence-corrected chi connectivity index (χ1v) is 9.67. The summed E-state index contributed by atoms with van der Waals surface area (Å²) in [4.78, 5) is 0. The maximum atomic E-state index is 3.49. The minimum Gasteiger partial charge on any atom is -0.314 e. The van der Waals surface area contributed by atoms with E-state index in [0.717, 1.165) is 6.04 Å². The normalized spacial score (nSPS) is 18.1. The van der Waals surface area contributed by atoms with E-state index in [1.807, 2.05) is 0 Å². The van der Waals surface area contributed by atoms with Gasteiger partial charge in [-0.3, -0.25) is 0 Å². The fraction of sp³-hybridized carbons (Fsp3) is 1.00. The molecule has 20 heavy (non-hydrogen) atoms. The van der Waals surface area contributed by atoms with Crippen LogP contribution >= 0.6 is 0 Å². The Balaban J connectivity index is 1.62. The largest absolute Gasteiger partial charge is 0.314 e. The van der Waals surface area contributed by atoms with Gasteiger partial charge < -0.3 is 5.32 Å². The zero-order valence-electron chi connectivity index (χ0n) is 14.1. The molecule has 0 bridgehead atoms. The lowest BCUT2D eigenvalue weighted by atomic mass is 9.99. The summed E-state index contributed by atoms with van der Waals surface area (Å²) in [5.41, 5.74) is 0. The highest BCUT2D eigenvalue weighted by atomic mass is 15.0. The number of rotatable bonds is 15. The van der Waals surface area contributed by atoms with Crippen molar-refractivity contribution < 1.29 is 0 Å². The van der Waals surface area contributed by atoms with Crippen LogP contribution < -0.4 is 5.32 Å². The molecule has 1 unspecified atom stereocenters. The third-order valence-corrected chi connectivity index (χ3v) is 4.83. The Morgan fingerprint density at radius 2 is 1.05 bits per heavy atom. The molecule has 0 aliphatic carbocycles. The summed E-state index contributed by atoms with van der Waals surface area (Å²) < 4.78 is 0. The summed E-state index contributed by atoms with van der Waals surface area (Å²) in [6.45, 7) is 3.56. The molecule has 1 rings (SSSR count). The second-order valence-electron chi connectivity index (χ2n) is 6.82. The molecule has 1 heterocycles. The van der Waals surface area contributed by atoms with E-state index in [1.165, 1.54) is 109 Å². The molecule has 1 atom stereocenters. The minimum absolute atomic E-state index is 0.882. The summed E-state index contributed by atoms with van der Waals surface area (Å²) in [5.74, 6) is 0. The lowest BCUT2D eigenvalue weighted by molar-refractivity contribution is 0.339. The second-order valence-corrected chi connectivity index (χ2v) is 6.82. The van der Waals surface area contributed by atoms with Crippen molar-refractivity contribution in [3.05, 3.63) is 0 Å². The van der Waals surface area contributed by atoms with Gasteiger partial charge in [-0.25, -0.2) is 0 Å². The molecular formula is C19H39N. The molecule has 1 aliphatic heterocycles. The van der Waals surface area contributed by atoms with E-state index in [0.29, 0.717) is 0 Å². The molecule has 0 aromatic carbocycles. The maximum Gasteiger partial charge on any atom is 0.00791 e. The van der Waals surface area contributed by atoms with E-state index >= 15 is 0 Å². The smallest absolute Gasteiger partial charge is 0.00791 e. The van der Waals surface area contributed by atoms with Crippen molar-refractivity contribution in [2.75, 3.05) is 6.54 Å². The van der Waals surface area contributed by atoms with Gasteiger partial charge in [-0.1, -0.05) is 96.8 Å². The van der Waals surface area contributed by atoms with Gasteiger partial charge >= 0.3 is 0 Å². The molecule has 0 aromatic rings. The predicted molar refractivity (Wildman–Crippen MR) is 91.3 cm³/mol. The van der Waals surface area contributed by atoms with E-state index in [1.54, 1.807) is 0 Å². The first kappa shape index (κ1) is 18.0. The first-order chi connectivity index (χ1) is 9.93. The SMILES string of the molecule is CCCCCCCCCCCCCCCCC1CCN1. The molecule has 1 saturated heterocycles. The molecule has 1 nitrogen and oxygen atoms in total. The molecular weight excluding hydrogens is 242 g/mol. The van der Waals surface area contributed by atoms with Gasteiger partial charge in [-0.05, 0) is 19.4 Å². The van der Waals surface area contributed by atoms with Crippen molar-refractivity contribution in [1.82, 2.24) is 5.32 Å². The summed E-state index contributed by atoms with van der Waals surface area (Å²) in [6, 6.07) is 0.882. The molecule has 0 saturated carbocycles. The molecule has 0 aromatic heterocycles. The van der Waals surface area contributed by atoms with Gasteiger partial charge in [0.15, 0.2) is 0 Å². The maximum absolute atomic E-state index is 3.49. The summed E-state index contributed by atoms with van der Waals surface area (Å²) >= 11 is 0. The van der Waals surface area contributed by atoms with Crippen LogP contribution in [0.3, 0.4) is 0 Å². The summed E-state index contributed by atoms with van der Waals surface area (Å²) in [6.07, 6.45) is 23.4. The third-order valence-electron chi connectivity index (χ3n) is 4.83.